The van der Waals surface area contributed by atoms with Gasteiger partial charge in [0.05, 0.1) is 5.56 Å². The SMILES string of the molecule is Cc1oc(C)c(C(=O)N2CCc3ccc(N)cc3C2)c1C. The third kappa shape index (κ3) is 2.31. The summed E-state index contributed by atoms with van der Waals surface area (Å²) >= 11 is 0. The number of benzene rings is 1. The van der Waals surface area contributed by atoms with Gasteiger partial charge in [0.2, 0.25) is 0 Å². The second kappa shape index (κ2) is 4.95. The fraction of sp³-hybridized carbons (Fsp3) is 0.353. The Morgan fingerprint density at radius 3 is 2.62 bits per heavy atom. The molecule has 2 heterocycles. The molecule has 0 bridgehead atoms. The summed E-state index contributed by atoms with van der Waals surface area (Å²) in [5.41, 5.74) is 10.7. The molecule has 0 fully saturated rings. The van der Waals surface area contributed by atoms with Crippen molar-refractivity contribution in [2.75, 3.05) is 12.3 Å². The number of anilines is 1. The number of hydrogen-bond acceptors (Lipinski definition) is 3. The predicted molar refractivity (Wildman–Crippen MR) is 82.2 cm³/mol. The van der Waals surface area contributed by atoms with Crippen molar-refractivity contribution < 1.29 is 9.21 Å². The number of hydrogen-bond donors (Lipinski definition) is 1. The fourth-order valence-corrected chi connectivity index (χ4v) is 3.02. The third-order valence-corrected chi connectivity index (χ3v) is 4.31. The van der Waals surface area contributed by atoms with Crippen LogP contribution >= 0.6 is 0 Å². The standard InChI is InChI=1S/C17H20N2O2/c1-10-11(2)21-12(3)16(10)17(20)19-7-6-13-4-5-15(18)8-14(13)9-19/h4-5,8H,6-7,9,18H2,1-3H3. The van der Waals surface area contributed by atoms with E-state index in [9.17, 15) is 4.79 Å². The van der Waals surface area contributed by atoms with Crippen LogP contribution in [0, 0.1) is 20.8 Å². The van der Waals surface area contributed by atoms with Crippen molar-refractivity contribution in [1.82, 2.24) is 4.90 Å². The second-order valence-electron chi connectivity index (χ2n) is 5.72. The van der Waals surface area contributed by atoms with E-state index in [-0.39, 0.29) is 5.91 Å². The zero-order chi connectivity index (χ0) is 15.1. The highest BCUT2D eigenvalue weighted by Crippen LogP contribution is 2.26. The Balaban J connectivity index is 1.90. The molecule has 0 atom stereocenters. The first-order chi connectivity index (χ1) is 9.97. The number of fused-ring (bicyclic) bond motifs is 1. The molecule has 0 spiro atoms. The van der Waals surface area contributed by atoms with Crippen molar-refractivity contribution in [3.05, 3.63) is 52.0 Å². The number of furan rings is 1. The largest absolute Gasteiger partial charge is 0.466 e. The van der Waals surface area contributed by atoms with Crippen molar-refractivity contribution >= 4 is 11.6 Å². The molecule has 0 aliphatic carbocycles. The van der Waals surface area contributed by atoms with E-state index in [1.54, 1.807) is 0 Å². The minimum atomic E-state index is 0.0509. The van der Waals surface area contributed by atoms with Crippen molar-refractivity contribution in [2.45, 2.75) is 33.7 Å². The van der Waals surface area contributed by atoms with E-state index in [2.05, 4.69) is 6.07 Å². The van der Waals surface area contributed by atoms with Crippen LogP contribution in [0.3, 0.4) is 0 Å². The van der Waals surface area contributed by atoms with E-state index < -0.39 is 0 Å². The lowest BCUT2D eigenvalue weighted by molar-refractivity contribution is 0.0732. The monoisotopic (exact) mass is 284 g/mol. The molecule has 21 heavy (non-hydrogen) atoms. The molecule has 1 aliphatic rings. The maximum Gasteiger partial charge on any atom is 0.257 e. The number of nitrogens with two attached hydrogens (primary N) is 1. The van der Waals surface area contributed by atoms with Crippen LogP contribution in [0.25, 0.3) is 0 Å². The molecular formula is C17H20N2O2. The van der Waals surface area contributed by atoms with Crippen LogP contribution in [0.4, 0.5) is 5.69 Å². The van der Waals surface area contributed by atoms with Crippen molar-refractivity contribution in [2.24, 2.45) is 0 Å². The minimum absolute atomic E-state index is 0.0509. The second-order valence-corrected chi connectivity index (χ2v) is 5.72. The molecule has 1 aliphatic heterocycles. The molecular weight excluding hydrogens is 264 g/mol. The van der Waals surface area contributed by atoms with E-state index in [0.717, 1.165) is 35.5 Å². The summed E-state index contributed by atoms with van der Waals surface area (Å²) in [5, 5.41) is 0. The summed E-state index contributed by atoms with van der Waals surface area (Å²) in [6.07, 6.45) is 0.871. The summed E-state index contributed by atoms with van der Waals surface area (Å²) in [7, 11) is 0. The van der Waals surface area contributed by atoms with Gasteiger partial charge in [-0.25, -0.2) is 0 Å². The molecule has 1 amide bonds. The van der Waals surface area contributed by atoms with Crippen LogP contribution in [0.5, 0.6) is 0 Å². The Bertz CT molecular complexity index is 716. The predicted octanol–water partition coefficient (Wildman–Crippen LogP) is 2.99. The molecule has 2 N–H and O–H groups in total. The molecule has 1 aromatic carbocycles. The number of amides is 1. The van der Waals surface area contributed by atoms with Gasteiger partial charge in [0, 0.05) is 24.3 Å². The van der Waals surface area contributed by atoms with E-state index in [4.69, 9.17) is 10.2 Å². The maximum absolute atomic E-state index is 12.8. The van der Waals surface area contributed by atoms with Crippen LogP contribution in [-0.4, -0.2) is 17.4 Å². The van der Waals surface area contributed by atoms with E-state index >= 15 is 0 Å². The highest BCUT2D eigenvalue weighted by Gasteiger charge is 2.26. The Hall–Kier alpha value is -2.23. The van der Waals surface area contributed by atoms with E-state index in [1.165, 1.54) is 5.56 Å². The smallest absolute Gasteiger partial charge is 0.257 e. The Morgan fingerprint density at radius 1 is 1.19 bits per heavy atom. The van der Waals surface area contributed by atoms with Gasteiger partial charge in [-0.3, -0.25) is 4.79 Å². The Kier molecular flexibility index (Phi) is 3.24. The van der Waals surface area contributed by atoms with Gasteiger partial charge in [-0.2, -0.15) is 0 Å². The van der Waals surface area contributed by atoms with E-state index in [0.29, 0.717) is 17.9 Å². The highest BCUT2D eigenvalue weighted by atomic mass is 16.3. The van der Waals surface area contributed by atoms with Crippen molar-refractivity contribution in [3.8, 4) is 0 Å². The summed E-state index contributed by atoms with van der Waals surface area (Å²) in [6.45, 7) is 7.03. The average molecular weight is 284 g/mol. The third-order valence-electron chi connectivity index (χ3n) is 4.31. The van der Waals surface area contributed by atoms with Gasteiger partial charge in [0.15, 0.2) is 0 Å². The van der Waals surface area contributed by atoms with Crippen LogP contribution in [0.15, 0.2) is 22.6 Å². The molecule has 110 valence electrons. The van der Waals surface area contributed by atoms with Gasteiger partial charge in [0.1, 0.15) is 11.5 Å². The van der Waals surface area contributed by atoms with Crippen LogP contribution in [0.1, 0.15) is 38.6 Å². The van der Waals surface area contributed by atoms with Gasteiger partial charge in [-0.05, 0) is 50.5 Å². The molecule has 0 saturated heterocycles. The lowest BCUT2D eigenvalue weighted by Crippen LogP contribution is -2.36. The zero-order valence-electron chi connectivity index (χ0n) is 12.7. The number of carbonyl (C=O) groups excluding carboxylic acids is 1. The first kappa shape index (κ1) is 13.7. The molecule has 0 saturated carbocycles. The summed E-state index contributed by atoms with van der Waals surface area (Å²) in [4.78, 5) is 14.7. The number of aryl methyl sites for hydroxylation is 2. The maximum atomic E-state index is 12.8. The quantitative estimate of drug-likeness (QED) is 0.819. The average Bonchev–Trinajstić information content (AvgIpc) is 2.70. The van der Waals surface area contributed by atoms with Gasteiger partial charge in [0.25, 0.3) is 5.91 Å². The van der Waals surface area contributed by atoms with Crippen molar-refractivity contribution in [3.63, 3.8) is 0 Å². The van der Waals surface area contributed by atoms with Crippen molar-refractivity contribution in [1.29, 1.82) is 0 Å². The Morgan fingerprint density at radius 2 is 1.95 bits per heavy atom. The molecule has 4 nitrogen and oxygen atoms in total. The first-order valence-corrected chi connectivity index (χ1v) is 7.20. The normalized spacial score (nSPS) is 14.1. The van der Waals surface area contributed by atoms with E-state index in [1.807, 2.05) is 37.8 Å². The first-order valence-electron chi connectivity index (χ1n) is 7.20. The molecule has 3 rings (SSSR count). The van der Waals surface area contributed by atoms with Gasteiger partial charge in [-0.1, -0.05) is 6.07 Å². The molecule has 0 radical (unpaired) electrons. The molecule has 4 heteroatoms. The number of nitrogen functional groups attached to an aromatic ring is 1. The van der Waals surface area contributed by atoms with Gasteiger partial charge in [-0.15, -0.1) is 0 Å². The fourth-order valence-electron chi connectivity index (χ4n) is 3.02. The highest BCUT2D eigenvalue weighted by molar-refractivity contribution is 5.97. The van der Waals surface area contributed by atoms with Gasteiger partial charge < -0.3 is 15.1 Å². The molecule has 2 aromatic rings. The van der Waals surface area contributed by atoms with Gasteiger partial charge >= 0.3 is 0 Å². The van der Waals surface area contributed by atoms with Crippen LogP contribution in [-0.2, 0) is 13.0 Å². The lowest BCUT2D eigenvalue weighted by atomic mass is 9.98. The minimum Gasteiger partial charge on any atom is -0.466 e. The Labute approximate surface area is 124 Å². The molecule has 0 unspecified atom stereocenters. The molecule has 1 aromatic heterocycles. The summed E-state index contributed by atoms with van der Waals surface area (Å²) < 4.78 is 5.58. The summed E-state index contributed by atoms with van der Waals surface area (Å²) in [5.74, 6) is 1.57. The summed E-state index contributed by atoms with van der Waals surface area (Å²) in [6, 6.07) is 5.95. The van der Waals surface area contributed by atoms with Crippen LogP contribution < -0.4 is 5.73 Å². The van der Waals surface area contributed by atoms with Crippen LogP contribution in [0.2, 0.25) is 0 Å². The topological polar surface area (TPSA) is 59.5 Å². The number of carbonyl (C=O) groups is 1. The zero-order valence-corrected chi connectivity index (χ0v) is 12.7. The lowest BCUT2D eigenvalue weighted by Gasteiger charge is -2.29. The number of nitrogens with zero attached hydrogens (tertiary/aromatic N) is 1. The number of rotatable bonds is 1.